The number of aliphatic hydroxyl groups is 1. The van der Waals surface area contributed by atoms with E-state index in [0.717, 1.165) is 12.1 Å². The average Bonchev–Trinajstić information content (AvgIpc) is 3.30. The van der Waals surface area contributed by atoms with Crippen molar-refractivity contribution in [3.05, 3.63) is 95.6 Å². The maximum absolute atomic E-state index is 13.7. The summed E-state index contributed by atoms with van der Waals surface area (Å²) in [5.74, 6) is -2.29. The molecule has 0 unspecified atom stereocenters. The predicted octanol–water partition coefficient (Wildman–Crippen LogP) is 3.81. The Morgan fingerprint density at radius 1 is 1.07 bits per heavy atom. The van der Waals surface area contributed by atoms with E-state index in [2.05, 4.69) is 10.3 Å². The van der Waals surface area contributed by atoms with Crippen LogP contribution in [0.5, 0.6) is 5.75 Å². The summed E-state index contributed by atoms with van der Waals surface area (Å²) in [7, 11) is -3.75. The lowest BCUT2D eigenvalue weighted by atomic mass is 9.90. The van der Waals surface area contributed by atoms with Crippen molar-refractivity contribution >= 4 is 21.6 Å². The van der Waals surface area contributed by atoms with Crippen LogP contribution in [0.2, 0.25) is 0 Å². The Labute approximate surface area is 231 Å². The molecule has 3 aromatic carbocycles. The summed E-state index contributed by atoms with van der Waals surface area (Å²) in [5.41, 5.74) is -0.721. The molecular weight excluding hydrogens is 542 g/mol. The maximum Gasteiger partial charge on any atom is 0.252 e. The third-order valence-corrected chi connectivity index (χ3v) is 8.35. The van der Waals surface area contributed by atoms with E-state index in [-0.39, 0.29) is 36.1 Å². The Hall–Kier alpha value is -3.83. The van der Waals surface area contributed by atoms with Gasteiger partial charge in [0, 0.05) is 25.1 Å². The summed E-state index contributed by atoms with van der Waals surface area (Å²) in [5, 5.41) is 11.6. The van der Waals surface area contributed by atoms with E-state index in [0.29, 0.717) is 29.9 Å². The van der Waals surface area contributed by atoms with Gasteiger partial charge in [0.1, 0.15) is 11.9 Å². The van der Waals surface area contributed by atoms with E-state index in [9.17, 15) is 22.0 Å². The fraction of sp³-hybridized carbons (Fsp3) is 0.310. The molecule has 0 aliphatic carbocycles. The van der Waals surface area contributed by atoms with Crippen LogP contribution in [0.3, 0.4) is 0 Å². The molecule has 4 rings (SSSR count). The van der Waals surface area contributed by atoms with Crippen LogP contribution in [-0.4, -0.2) is 55.9 Å². The lowest BCUT2D eigenvalue weighted by molar-refractivity contribution is -0.128. The third-order valence-electron chi connectivity index (χ3n) is 6.62. The zero-order valence-corrected chi connectivity index (χ0v) is 22.7. The van der Waals surface area contributed by atoms with Crippen molar-refractivity contribution in [2.75, 3.05) is 19.0 Å². The van der Waals surface area contributed by atoms with E-state index in [1.54, 1.807) is 49.4 Å². The molecule has 0 fully saturated rings. The smallest absolute Gasteiger partial charge is 0.252 e. The van der Waals surface area contributed by atoms with Gasteiger partial charge in [-0.3, -0.25) is 4.79 Å². The van der Waals surface area contributed by atoms with E-state index < -0.39 is 39.0 Å². The monoisotopic (exact) mass is 572 g/mol. The molecule has 3 aromatic rings. The van der Waals surface area contributed by atoms with Crippen molar-refractivity contribution in [2.45, 2.75) is 42.8 Å². The second-order valence-electron chi connectivity index (χ2n) is 9.36. The molecular formula is C29H30F2N2O6S. The van der Waals surface area contributed by atoms with Crippen LogP contribution in [0.25, 0.3) is 0 Å². The van der Waals surface area contributed by atoms with Crippen molar-refractivity contribution < 1.29 is 36.6 Å². The summed E-state index contributed by atoms with van der Waals surface area (Å²) in [6.07, 6.45) is -0.525. The van der Waals surface area contributed by atoms with Crippen LogP contribution in [0.15, 0.2) is 82.7 Å². The minimum atomic E-state index is -3.75. The summed E-state index contributed by atoms with van der Waals surface area (Å²) in [6, 6.07) is 18.0. The van der Waals surface area contributed by atoms with Crippen molar-refractivity contribution in [1.29, 1.82) is 0 Å². The summed E-state index contributed by atoms with van der Waals surface area (Å²) >= 11 is 0. The second kappa shape index (κ2) is 12.6. The first-order chi connectivity index (χ1) is 19.1. The second-order valence-corrected chi connectivity index (χ2v) is 11.5. The number of nitrogens with one attached hydrogen (secondary N) is 1. The number of hydrogen-bond donors (Lipinski definition) is 2. The Morgan fingerprint density at radius 2 is 1.80 bits per heavy atom. The third kappa shape index (κ3) is 6.65. The van der Waals surface area contributed by atoms with E-state index in [1.165, 1.54) is 18.2 Å². The maximum atomic E-state index is 13.7. The number of benzene rings is 3. The molecule has 1 heterocycles. The standard InChI is InChI=1S/C29H30F2N2O6S/c1-20-29(14-17-40(36,37)24-6-3-2-4-7-24,28(35)32-19-21-8-13-25(30)26(31)18-21)33-27(39-20)22-9-11-23(12-10-22)38-16-5-15-34/h2-4,6-13,18,20,34H,5,14-17,19H2,1H3,(H,32,35)/t20-,29-/m1/s1. The number of carbonyl (C=O) groups excluding carboxylic acids is 1. The van der Waals surface area contributed by atoms with Crippen LogP contribution in [0, 0.1) is 11.6 Å². The summed E-state index contributed by atoms with van der Waals surface area (Å²) in [6.45, 7) is 1.87. The van der Waals surface area contributed by atoms with Gasteiger partial charge in [-0.15, -0.1) is 0 Å². The summed E-state index contributed by atoms with van der Waals surface area (Å²) < 4.78 is 64.7. The number of carbonyl (C=O) groups is 1. The normalized spacial score (nSPS) is 18.6. The van der Waals surface area contributed by atoms with Crippen LogP contribution in [0.1, 0.15) is 30.9 Å². The van der Waals surface area contributed by atoms with Crippen LogP contribution < -0.4 is 10.1 Å². The Morgan fingerprint density at radius 3 is 2.48 bits per heavy atom. The van der Waals surface area contributed by atoms with Gasteiger partial charge in [0.05, 0.1) is 17.3 Å². The van der Waals surface area contributed by atoms with Gasteiger partial charge in [0.15, 0.2) is 27.0 Å². The van der Waals surface area contributed by atoms with Crippen molar-refractivity contribution in [2.24, 2.45) is 4.99 Å². The zero-order valence-electron chi connectivity index (χ0n) is 21.8. The topological polar surface area (TPSA) is 114 Å². The molecule has 1 amide bonds. The van der Waals surface area contributed by atoms with Crippen LogP contribution in [-0.2, 0) is 25.9 Å². The minimum absolute atomic E-state index is 0.0147. The van der Waals surface area contributed by atoms with Crippen LogP contribution in [0.4, 0.5) is 8.78 Å². The Kier molecular flexibility index (Phi) is 9.16. The van der Waals surface area contributed by atoms with E-state index in [4.69, 9.17) is 14.6 Å². The molecule has 1 aliphatic rings. The van der Waals surface area contributed by atoms with E-state index in [1.807, 2.05) is 0 Å². The highest BCUT2D eigenvalue weighted by Gasteiger charge is 2.50. The highest BCUT2D eigenvalue weighted by atomic mass is 32.2. The number of ether oxygens (including phenoxy) is 2. The molecule has 0 radical (unpaired) electrons. The number of halogens is 2. The number of rotatable bonds is 12. The largest absolute Gasteiger partial charge is 0.494 e. The molecule has 11 heteroatoms. The molecule has 8 nitrogen and oxygen atoms in total. The molecule has 1 aliphatic heterocycles. The van der Waals surface area contributed by atoms with Gasteiger partial charge in [-0.1, -0.05) is 24.3 Å². The van der Waals surface area contributed by atoms with Gasteiger partial charge in [-0.2, -0.15) is 0 Å². The number of hydrogen-bond acceptors (Lipinski definition) is 7. The molecule has 0 spiro atoms. The highest BCUT2D eigenvalue weighted by molar-refractivity contribution is 7.91. The fourth-order valence-corrected chi connectivity index (χ4v) is 5.66. The molecule has 2 atom stereocenters. The van der Waals surface area contributed by atoms with Gasteiger partial charge in [0.2, 0.25) is 5.90 Å². The molecule has 0 saturated heterocycles. The van der Waals surface area contributed by atoms with Gasteiger partial charge in [-0.25, -0.2) is 22.2 Å². The lowest BCUT2D eigenvalue weighted by Gasteiger charge is -2.28. The molecule has 0 saturated carbocycles. The van der Waals surface area contributed by atoms with Crippen LogP contribution >= 0.6 is 0 Å². The van der Waals surface area contributed by atoms with Crippen molar-refractivity contribution in [3.8, 4) is 5.75 Å². The Balaban J connectivity index is 1.60. The molecule has 212 valence electrons. The lowest BCUT2D eigenvalue weighted by Crippen LogP contribution is -2.51. The molecule has 0 bridgehead atoms. The molecule has 40 heavy (non-hydrogen) atoms. The number of nitrogens with zero attached hydrogens (tertiary/aromatic N) is 1. The molecule has 2 N–H and O–H groups in total. The zero-order chi connectivity index (χ0) is 28.8. The first-order valence-electron chi connectivity index (χ1n) is 12.8. The Bertz CT molecular complexity index is 1470. The van der Waals surface area contributed by atoms with Crippen molar-refractivity contribution in [1.82, 2.24) is 5.32 Å². The van der Waals surface area contributed by atoms with Gasteiger partial charge in [-0.05, 0) is 67.4 Å². The predicted molar refractivity (Wildman–Crippen MR) is 145 cm³/mol. The van der Waals surface area contributed by atoms with Gasteiger partial charge < -0.3 is 19.9 Å². The van der Waals surface area contributed by atoms with Gasteiger partial charge in [0.25, 0.3) is 5.91 Å². The van der Waals surface area contributed by atoms with Gasteiger partial charge >= 0.3 is 0 Å². The first kappa shape index (κ1) is 29.2. The van der Waals surface area contributed by atoms with Crippen molar-refractivity contribution in [3.63, 3.8) is 0 Å². The highest BCUT2D eigenvalue weighted by Crippen LogP contribution is 2.34. The first-order valence-corrected chi connectivity index (χ1v) is 14.4. The quantitative estimate of drug-likeness (QED) is 0.319. The minimum Gasteiger partial charge on any atom is -0.494 e. The molecule has 0 aromatic heterocycles. The average molecular weight is 573 g/mol. The number of aliphatic imine (C=N–C) groups is 1. The van der Waals surface area contributed by atoms with E-state index >= 15 is 0 Å². The summed E-state index contributed by atoms with van der Waals surface area (Å²) in [4.78, 5) is 18.4. The number of sulfone groups is 1. The fourth-order valence-electron chi connectivity index (χ4n) is 4.27. The number of amides is 1. The number of aliphatic hydroxyl groups excluding tert-OH is 1. The SMILES string of the molecule is C[C@H]1OC(c2ccc(OCCCO)cc2)=N[C@@]1(CCS(=O)(=O)c1ccccc1)C(=O)NCc1ccc(F)c(F)c1.